The second kappa shape index (κ2) is 5.46. The van der Waals surface area contributed by atoms with Gasteiger partial charge in [0, 0.05) is 29.2 Å². The molecule has 1 aromatic carbocycles. The Morgan fingerprint density at radius 2 is 1.85 bits per heavy atom. The predicted molar refractivity (Wildman–Crippen MR) is 79.7 cm³/mol. The first kappa shape index (κ1) is 14.6. The molecule has 0 saturated carbocycles. The van der Waals surface area contributed by atoms with Crippen LogP contribution in [0.5, 0.6) is 0 Å². The highest BCUT2D eigenvalue weighted by Crippen LogP contribution is 2.30. The van der Waals surface area contributed by atoms with E-state index in [1.165, 1.54) is 18.2 Å². The lowest BCUT2D eigenvalue weighted by molar-refractivity contribution is 0.247. The number of hydrogen-bond donors (Lipinski definition) is 1. The van der Waals surface area contributed by atoms with Crippen molar-refractivity contribution in [1.29, 1.82) is 0 Å². The molecule has 1 N–H and O–H groups in total. The second-order valence-corrected chi connectivity index (χ2v) is 8.18. The summed E-state index contributed by atoms with van der Waals surface area (Å²) in [7, 11) is -3.51. The Balaban J connectivity index is 1.88. The lowest BCUT2D eigenvalue weighted by atomic mass is 9.95. The SMILES string of the molecule is O=S(=O)(c1cc(Cl)cc(Cl)c1)N1CCC2NCCC2C1. The van der Waals surface area contributed by atoms with Crippen LogP contribution in [0.25, 0.3) is 0 Å². The monoisotopic (exact) mass is 334 g/mol. The van der Waals surface area contributed by atoms with Gasteiger partial charge >= 0.3 is 0 Å². The normalized spacial score (nSPS) is 27.5. The van der Waals surface area contributed by atoms with Gasteiger partial charge in [0.15, 0.2) is 0 Å². The number of halogens is 2. The van der Waals surface area contributed by atoms with Crippen LogP contribution in [0.2, 0.25) is 10.0 Å². The van der Waals surface area contributed by atoms with E-state index in [2.05, 4.69) is 5.32 Å². The molecule has 2 unspecified atom stereocenters. The van der Waals surface area contributed by atoms with Gasteiger partial charge in [-0.2, -0.15) is 4.31 Å². The van der Waals surface area contributed by atoms with Crippen molar-refractivity contribution in [2.75, 3.05) is 19.6 Å². The van der Waals surface area contributed by atoms with Crippen molar-refractivity contribution in [2.45, 2.75) is 23.8 Å². The van der Waals surface area contributed by atoms with Crippen LogP contribution in [0.1, 0.15) is 12.8 Å². The second-order valence-electron chi connectivity index (χ2n) is 5.37. The van der Waals surface area contributed by atoms with Crippen LogP contribution in [-0.2, 0) is 10.0 Å². The van der Waals surface area contributed by atoms with Crippen molar-refractivity contribution in [3.8, 4) is 0 Å². The van der Waals surface area contributed by atoms with E-state index in [0.29, 0.717) is 35.1 Å². The first-order valence-electron chi connectivity index (χ1n) is 6.66. The number of benzene rings is 1. The minimum absolute atomic E-state index is 0.180. The summed E-state index contributed by atoms with van der Waals surface area (Å²) in [6.07, 6.45) is 1.89. The molecule has 2 saturated heterocycles. The first-order valence-corrected chi connectivity index (χ1v) is 8.86. The largest absolute Gasteiger partial charge is 0.314 e. The molecule has 0 bridgehead atoms. The maximum absolute atomic E-state index is 12.7. The van der Waals surface area contributed by atoms with Gasteiger partial charge in [-0.1, -0.05) is 23.2 Å². The Morgan fingerprint density at radius 1 is 1.15 bits per heavy atom. The molecule has 0 radical (unpaired) electrons. The molecule has 0 aromatic heterocycles. The number of hydrogen-bond acceptors (Lipinski definition) is 3. The van der Waals surface area contributed by atoms with Gasteiger partial charge in [-0.15, -0.1) is 0 Å². The molecule has 0 aliphatic carbocycles. The Kier molecular flexibility index (Phi) is 3.99. The molecule has 0 amide bonds. The van der Waals surface area contributed by atoms with Gasteiger partial charge in [0.2, 0.25) is 10.0 Å². The standard InChI is InChI=1S/C13H16Cl2N2O2S/c14-10-5-11(15)7-12(6-10)20(18,19)17-4-2-13-9(8-17)1-3-16-13/h5-7,9,13,16H,1-4,8H2. The molecule has 0 spiro atoms. The topological polar surface area (TPSA) is 49.4 Å². The number of nitrogens with zero attached hydrogens (tertiary/aromatic N) is 1. The molecule has 3 rings (SSSR count). The molecule has 20 heavy (non-hydrogen) atoms. The highest BCUT2D eigenvalue weighted by molar-refractivity contribution is 7.89. The van der Waals surface area contributed by atoms with E-state index < -0.39 is 10.0 Å². The van der Waals surface area contributed by atoms with Crippen molar-refractivity contribution in [3.63, 3.8) is 0 Å². The third kappa shape index (κ3) is 2.70. The zero-order valence-corrected chi connectivity index (χ0v) is 13.2. The summed E-state index contributed by atoms with van der Waals surface area (Å²) in [6, 6.07) is 4.92. The average Bonchev–Trinajstić information content (AvgIpc) is 2.84. The van der Waals surface area contributed by atoms with Crippen molar-refractivity contribution in [3.05, 3.63) is 28.2 Å². The summed E-state index contributed by atoms with van der Waals surface area (Å²) in [4.78, 5) is 0.180. The van der Waals surface area contributed by atoms with Crippen LogP contribution >= 0.6 is 23.2 Å². The number of sulfonamides is 1. The number of fused-ring (bicyclic) bond motifs is 1. The summed E-state index contributed by atoms with van der Waals surface area (Å²) in [5.74, 6) is 0.410. The van der Waals surface area contributed by atoms with Crippen LogP contribution in [-0.4, -0.2) is 38.4 Å². The van der Waals surface area contributed by atoms with Gasteiger partial charge in [0.1, 0.15) is 0 Å². The van der Waals surface area contributed by atoms with Crippen LogP contribution in [0.15, 0.2) is 23.1 Å². The summed E-state index contributed by atoms with van der Waals surface area (Å²) in [6.45, 7) is 2.09. The van der Waals surface area contributed by atoms with Gasteiger partial charge in [-0.05, 0) is 43.5 Å². The quantitative estimate of drug-likeness (QED) is 0.903. The fraction of sp³-hybridized carbons (Fsp3) is 0.538. The molecule has 2 atom stereocenters. The van der Waals surface area contributed by atoms with Crippen molar-refractivity contribution in [1.82, 2.24) is 9.62 Å². The van der Waals surface area contributed by atoms with E-state index in [1.807, 2.05) is 0 Å². The molecular formula is C13H16Cl2N2O2S. The first-order chi connectivity index (χ1) is 9.46. The van der Waals surface area contributed by atoms with E-state index in [-0.39, 0.29) is 4.90 Å². The van der Waals surface area contributed by atoms with E-state index in [0.717, 1.165) is 19.4 Å². The average molecular weight is 335 g/mol. The van der Waals surface area contributed by atoms with E-state index in [4.69, 9.17) is 23.2 Å². The Hall–Kier alpha value is -0.330. The molecule has 2 fully saturated rings. The molecular weight excluding hydrogens is 319 g/mol. The highest BCUT2D eigenvalue weighted by atomic mass is 35.5. The Labute approximate surface area is 129 Å². The van der Waals surface area contributed by atoms with E-state index in [1.54, 1.807) is 4.31 Å². The summed E-state index contributed by atoms with van der Waals surface area (Å²) >= 11 is 11.8. The minimum Gasteiger partial charge on any atom is -0.314 e. The maximum atomic E-state index is 12.7. The lowest BCUT2D eigenvalue weighted by Crippen LogP contribution is -2.46. The summed E-state index contributed by atoms with van der Waals surface area (Å²) in [5, 5.41) is 4.11. The molecule has 4 nitrogen and oxygen atoms in total. The zero-order chi connectivity index (χ0) is 14.3. The molecule has 2 aliphatic rings. The number of nitrogens with one attached hydrogen (secondary N) is 1. The van der Waals surface area contributed by atoms with Crippen LogP contribution in [0.3, 0.4) is 0 Å². The zero-order valence-electron chi connectivity index (χ0n) is 10.9. The van der Waals surface area contributed by atoms with E-state index >= 15 is 0 Å². The Bertz CT molecular complexity index is 601. The number of piperidine rings is 1. The molecule has 2 heterocycles. The van der Waals surface area contributed by atoms with Crippen molar-refractivity contribution >= 4 is 33.2 Å². The van der Waals surface area contributed by atoms with Gasteiger partial charge in [-0.3, -0.25) is 0 Å². The van der Waals surface area contributed by atoms with Crippen molar-refractivity contribution < 1.29 is 8.42 Å². The lowest BCUT2D eigenvalue weighted by Gasteiger charge is -2.34. The summed E-state index contributed by atoms with van der Waals surface area (Å²) < 4.78 is 26.9. The van der Waals surface area contributed by atoms with Crippen LogP contribution < -0.4 is 5.32 Å². The Morgan fingerprint density at radius 3 is 2.55 bits per heavy atom. The molecule has 7 heteroatoms. The van der Waals surface area contributed by atoms with Gasteiger partial charge in [0.05, 0.1) is 4.90 Å². The number of rotatable bonds is 2. The fourth-order valence-electron chi connectivity index (χ4n) is 3.06. The fourth-order valence-corrected chi connectivity index (χ4v) is 5.30. The smallest absolute Gasteiger partial charge is 0.243 e. The maximum Gasteiger partial charge on any atom is 0.243 e. The van der Waals surface area contributed by atoms with Gasteiger partial charge < -0.3 is 5.32 Å². The highest BCUT2D eigenvalue weighted by Gasteiger charge is 2.37. The van der Waals surface area contributed by atoms with Crippen LogP contribution in [0.4, 0.5) is 0 Å². The van der Waals surface area contributed by atoms with Crippen LogP contribution in [0, 0.1) is 5.92 Å². The predicted octanol–water partition coefficient (Wildman–Crippen LogP) is 2.37. The minimum atomic E-state index is -3.51. The molecule has 110 valence electrons. The third-order valence-electron chi connectivity index (χ3n) is 4.09. The van der Waals surface area contributed by atoms with Crippen molar-refractivity contribution in [2.24, 2.45) is 5.92 Å². The van der Waals surface area contributed by atoms with Gasteiger partial charge in [0.25, 0.3) is 0 Å². The third-order valence-corrected chi connectivity index (χ3v) is 6.37. The molecule has 2 aliphatic heterocycles. The van der Waals surface area contributed by atoms with Gasteiger partial charge in [-0.25, -0.2) is 8.42 Å². The summed E-state index contributed by atoms with van der Waals surface area (Å²) in [5.41, 5.74) is 0. The molecule has 1 aromatic rings. The van der Waals surface area contributed by atoms with E-state index in [9.17, 15) is 8.42 Å².